The number of aromatic nitrogens is 2. The lowest BCUT2D eigenvalue weighted by Gasteiger charge is -2.04. The number of hydrogen-bond acceptors (Lipinski definition) is 3. The molecule has 0 aliphatic rings. The molecule has 3 nitrogen and oxygen atoms in total. The van der Waals surface area contributed by atoms with Crippen LogP contribution in [-0.2, 0) is 13.6 Å². The van der Waals surface area contributed by atoms with Crippen LogP contribution in [0.1, 0.15) is 11.3 Å². The summed E-state index contributed by atoms with van der Waals surface area (Å²) in [6, 6.07) is 7.01. The highest BCUT2D eigenvalue weighted by Gasteiger charge is 2.08. The van der Waals surface area contributed by atoms with Crippen LogP contribution in [0, 0.1) is 12.7 Å². The van der Waals surface area contributed by atoms with Crippen LogP contribution in [0.25, 0.3) is 0 Å². The van der Waals surface area contributed by atoms with Crippen LogP contribution in [0.3, 0.4) is 0 Å². The van der Waals surface area contributed by atoms with Crippen molar-refractivity contribution in [3.63, 3.8) is 0 Å². The van der Waals surface area contributed by atoms with E-state index >= 15 is 0 Å². The van der Waals surface area contributed by atoms with Crippen LogP contribution < -0.4 is 5.73 Å². The Morgan fingerprint density at radius 1 is 1.41 bits per heavy atom. The van der Waals surface area contributed by atoms with E-state index in [0.29, 0.717) is 11.4 Å². The quantitative estimate of drug-likeness (QED) is 0.911. The third-order valence-corrected chi connectivity index (χ3v) is 3.55. The van der Waals surface area contributed by atoms with Crippen LogP contribution in [0.2, 0.25) is 0 Å². The van der Waals surface area contributed by atoms with Gasteiger partial charge in [0.2, 0.25) is 0 Å². The number of nitrogens with zero attached hydrogens (tertiary/aromatic N) is 2. The largest absolute Gasteiger partial charge is 0.326 e. The molecule has 0 saturated carbocycles. The topological polar surface area (TPSA) is 43.8 Å². The molecule has 5 heteroatoms. The Bertz CT molecular complexity index is 537. The number of nitrogens with two attached hydrogens (primary N) is 1. The van der Waals surface area contributed by atoms with Gasteiger partial charge in [0.1, 0.15) is 5.82 Å². The molecule has 0 spiro atoms. The molecule has 0 fully saturated rings. The van der Waals surface area contributed by atoms with Crippen molar-refractivity contribution in [1.29, 1.82) is 0 Å². The van der Waals surface area contributed by atoms with Crippen molar-refractivity contribution in [1.82, 2.24) is 9.78 Å². The molecule has 0 unspecified atom stereocenters. The van der Waals surface area contributed by atoms with Gasteiger partial charge in [0.15, 0.2) is 0 Å². The molecule has 2 aromatic rings. The fraction of sp³-hybridized carbons (Fsp3) is 0.250. The van der Waals surface area contributed by atoms with Crippen LogP contribution in [-0.4, -0.2) is 9.78 Å². The van der Waals surface area contributed by atoms with E-state index in [1.54, 1.807) is 10.7 Å². The number of halogens is 1. The average molecular weight is 251 g/mol. The molecule has 1 aromatic carbocycles. The maximum absolute atomic E-state index is 13.8. The zero-order chi connectivity index (χ0) is 12.4. The lowest BCUT2D eigenvalue weighted by molar-refractivity contribution is 0.598. The van der Waals surface area contributed by atoms with Gasteiger partial charge in [-0.05, 0) is 30.7 Å². The zero-order valence-electron chi connectivity index (χ0n) is 9.77. The molecule has 0 aliphatic carbocycles. The van der Waals surface area contributed by atoms with E-state index in [4.69, 9.17) is 5.73 Å². The Balaban J connectivity index is 2.27. The smallest absolute Gasteiger partial charge is 0.137 e. The molecule has 0 amide bonds. The first-order valence-corrected chi connectivity index (χ1v) is 6.09. The summed E-state index contributed by atoms with van der Waals surface area (Å²) in [5.74, 6) is -0.239. The van der Waals surface area contributed by atoms with Gasteiger partial charge in [0, 0.05) is 18.5 Å². The molecule has 90 valence electrons. The van der Waals surface area contributed by atoms with Crippen molar-refractivity contribution < 1.29 is 4.39 Å². The van der Waals surface area contributed by atoms with Crippen molar-refractivity contribution in [2.24, 2.45) is 12.8 Å². The van der Waals surface area contributed by atoms with Crippen molar-refractivity contribution in [2.45, 2.75) is 23.4 Å². The van der Waals surface area contributed by atoms with E-state index in [9.17, 15) is 4.39 Å². The van der Waals surface area contributed by atoms with Gasteiger partial charge < -0.3 is 5.73 Å². The van der Waals surface area contributed by atoms with E-state index in [2.05, 4.69) is 5.10 Å². The minimum Gasteiger partial charge on any atom is -0.326 e. The summed E-state index contributed by atoms with van der Waals surface area (Å²) in [6.07, 6.45) is 0. The van der Waals surface area contributed by atoms with E-state index in [1.807, 2.05) is 26.1 Å². The van der Waals surface area contributed by atoms with Crippen LogP contribution >= 0.6 is 11.8 Å². The Kier molecular flexibility index (Phi) is 3.49. The lowest BCUT2D eigenvalue weighted by Crippen LogP contribution is -1.97. The van der Waals surface area contributed by atoms with Crippen LogP contribution in [0.4, 0.5) is 4.39 Å². The Labute approximate surface area is 104 Å². The summed E-state index contributed by atoms with van der Waals surface area (Å²) in [5.41, 5.74) is 7.19. The fourth-order valence-electron chi connectivity index (χ4n) is 1.55. The third-order valence-electron chi connectivity index (χ3n) is 2.41. The van der Waals surface area contributed by atoms with Gasteiger partial charge in [-0.1, -0.05) is 17.8 Å². The lowest BCUT2D eigenvalue weighted by atomic mass is 10.2. The molecule has 1 aromatic heterocycles. The summed E-state index contributed by atoms with van der Waals surface area (Å²) in [4.78, 5) is 0.588. The number of benzene rings is 1. The second-order valence-electron chi connectivity index (χ2n) is 3.82. The summed E-state index contributed by atoms with van der Waals surface area (Å²) in [7, 11) is 1.85. The first kappa shape index (κ1) is 12.1. The molecule has 17 heavy (non-hydrogen) atoms. The highest BCUT2D eigenvalue weighted by Crippen LogP contribution is 2.30. The van der Waals surface area contributed by atoms with Gasteiger partial charge >= 0.3 is 0 Å². The Hall–Kier alpha value is -1.33. The molecular weight excluding hydrogens is 237 g/mol. The van der Waals surface area contributed by atoms with Crippen molar-refractivity contribution in [2.75, 3.05) is 0 Å². The number of rotatable bonds is 3. The zero-order valence-corrected chi connectivity index (χ0v) is 10.6. The van der Waals surface area contributed by atoms with Crippen molar-refractivity contribution in [3.8, 4) is 0 Å². The fourth-order valence-corrected chi connectivity index (χ4v) is 2.47. The first-order valence-electron chi connectivity index (χ1n) is 5.27. The van der Waals surface area contributed by atoms with E-state index in [1.165, 1.54) is 17.8 Å². The molecule has 0 saturated heterocycles. The van der Waals surface area contributed by atoms with Gasteiger partial charge in [-0.2, -0.15) is 5.10 Å². The minimum atomic E-state index is -0.239. The third kappa shape index (κ3) is 2.68. The normalized spacial score (nSPS) is 10.8. The summed E-state index contributed by atoms with van der Waals surface area (Å²) < 4.78 is 15.5. The summed E-state index contributed by atoms with van der Waals surface area (Å²) in [5, 5.41) is 5.14. The van der Waals surface area contributed by atoms with Gasteiger partial charge in [-0.3, -0.25) is 4.68 Å². The van der Waals surface area contributed by atoms with Gasteiger partial charge in [0.25, 0.3) is 0 Å². The maximum atomic E-state index is 13.8. The van der Waals surface area contributed by atoms with E-state index in [0.717, 1.165) is 16.3 Å². The van der Waals surface area contributed by atoms with E-state index in [-0.39, 0.29) is 5.82 Å². The molecular formula is C12H14FN3S. The van der Waals surface area contributed by atoms with Crippen LogP contribution in [0.5, 0.6) is 0 Å². The van der Waals surface area contributed by atoms with Crippen molar-refractivity contribution >= 4 is 11.8 Å². The first-order chi connectivity index (χ1) is 8.10. The van der Waals surface area contributed by atoms with Gasteiger partial charge in [0.05, 0.1) is 10.7 Å². The predicted molar refractivity (Wildman–Crippen MR) is 66.4 cm³/mol. The van der Waals surface area contributed by atoms with Crippen molar-refractivity contribution in [3.05, 3.63) is 41.3 Å². The second-order valence-corrected chi connectivity index (χ2v) is 4.88. The minimum absolute atomic E-state index is 0.239. The van der Waals surface area contributed by atoms with Gasteiger partial charge in [-0.15, -0.1) is 0 Å². The SMILES string of the molecule is Cc1cc(Sc2ccc(CN)cc2F)n(C)n1. The highest BCUT2D eigenvalue weighted by molar-refractivity contribution is 7.99. The van der Waals surface area contributed by atoms with Crippen LogP contribution in [0.15, 0.2) is 34.2 Å². The molecule has 2 N–H and O–H groups in total. The number of hydrogen-bond donors (Lipinski definition) is 1. The number of aryl methyl sites for hydroxylation is 2. The summed E-state index contributed by atoms with van der Waals surface area (Å²) >= 11 is 1.37. The molecule has 2 rings (SSSR count). The van der Waals surface area contributed by atoms with E-state index < -0.39 is 0 Å². The molecule has 0 aliphatic heterocycles. The second kappa shape index (κ2) is 4.89. The van der Waals surface area contributed by atoms with Gasteiger partial charge in [-0.25, -0.2) is 4.39 Å². The monoisotopic (exact) mass is 251 g/mol. The standard InChI is InChI=1S/C12H14FN3S/c1-8-5-12(16(2)15-8)17-11-4-3-9(7-14)6-10(11)13/h3-6H,7,14H2,1-2H3. The summed E-state index contributed by atoms with van der Waals surface area (Å²) in [6.45, 7) is 2.27. The predicted octanol–water partition coefficient (Wildman–Crippen LogP) is 2.48. The Morgan fingerprint density at radius 2 is 2.18 bits per heavy atom. The molecule has 0 radical (unpaired) electrons. The Morgan fingerprint density at radius 3 is 2.71 bits per heavy atom. The highest BCUT2D eigenvalue weighted by atomic mass is 32.2. The molecule has 0 bridgehead atoms. The molecule has 0 atom stereocenters. The molecule has 1 heterocycles. The maximum Gasteiger partial charge on any atom is 0.137 e. The average Bonchev–Trinajstić information content (AvgIpc) is 2.60.